The number of ether oxygens (including phenoxy) is 1. The van der Waals surface area contributed by atoms with Gasteiger partial charge < -0.3 is 20.1 Å². The fourth-order valence-electron chi connectivity index (χ4n) is 2.15. The second kappa shape index (κ2) is 7.14. The smallest absolute Gasteiger partial charge is 0.163 e. The quantitative estimate of drug-likeness (QED) is 0.607. The lowest BCUT2D eigenvalue weighted by Crippen LogP contribution is -2.14. The summed E-state index contributed by atoms with van der Waals surface area (Å²) in [5.74, 6) is -0.607. The number of hydrogen-bond donors (Lipinski definition) is 3. The first kappa shape index (κ1) is 16.3. The van der Waals surface area contributed by atoms with Gasteiger partial charge in [-0.3, -0.25) is 9.59 Å². The third-order valence-corrected chi connectivity index (χ3v) is 3.01. The van der Waals surface area contributed by atoms with E-state index in [2.05, 4.69) is 0 Å². The van der Waals surface area contributed by atoms with Gasteiger partial charge >= 0.3 is 0 Å². The Balaban J connectivity index is 3.56. The molecule has 1 rings (SSSR count). The molecule has 0 heterocycles. The maximum absolute atomic E-state index is 11.8. The van der Waals surface area contributed by atoms with Gasteiger partial charge in [-0.1, -0.05) is 6.07 Å². The van der Waals surface area contributed by atoms with Crippen LogP contribution in [0.3, 0.4) is 0 Å². The van der Waals surface area contributed by atoms with Crippen molar-refractivity contribution in [2.45, 2.75) is 26.6 Å². The summed E-state index contributed by atoms with van der Waals surface area (Å²) in [5, 5.41) is 27.5. The zero-order chi connectivity index (χ0) is 15.3. The van der Waals surface area contributed by atoms with Crippen LogP contribution in [-0.2, 0) is 24.4 Å². The van der Waals surface area contributed by atoms with E-state index >= 15 is 0 Å². The van der Waals surface area contributed by atoms with Gasteiger partial charge in [-0.15, -0.1) is 0 Å². The summed E-state index contributed by atoms with van der Waals surface area (Å²) in [6, 6.07) is 1.48. The van der Waals surface area contributed by atoms with Crippen molar-refractivity contribution in [2.24, 2.45) is 0 Å². The monoisotopic (exact) mass is 282 g/mol. The lowest BCUT2D eigenvalue weighted by Gasteiger charge is -2.18. The molecule has 0 aromatic heterocycles. The minimum Gasteiger partial charge on any atom is -0.496 e. The molecule has 110 valence electrons. The third kappa shape index (κ3) is 3.22. The molecule has 0 aliphatic rings. The second-order valence-corrected chi connectivity index (χ2v) is 4.33. The Morgan fingerprint density at radius 3 is 2.20 bits per heavy atom. The second-order valence-electron chi connectivity index (χ2n) is 4.33. The van der Waals surface area contributed by atoms with Crippen LogP contribution >= 0.6 is 0 Å². The molecule has 1 aromatic rings. The number of aliphatic hydroxyl groups excluding tert-OH is 3. The van der Waals surface area contributed by atoms with Crippen molar-refractivity contribution >= 4 is 11.6 Å². The Morgan fingerprint density at radius 2 is 1.80 bits per heavy atom. The zero-order valence-corrected chi connectivity index (χ0v) is 11.5. The summed E-state index contributed by atoms with van der Waals surface area (Å²) < 4.78 is 5.16. The minimum absolute atomic E-state index is 0.138. The molecule has 0 amide bonds. The minimum atomic E-state index is -0.629. The van der Waals surface area contributed by atoms with Crippen LogP contribution in [0.15, 0.2) is 6.07 Å². The molecule has 0 radical (unpaired) electrons. The molecule has 3 N–H and O–H groups in total. The molecular weight excluding hydrogens is 264 g/mol. The third-order valence-electron chi connectivity index (χ3n) is 3.01. The van der Waals surface area contributed by atoms with Gasteiger partial charge in [0, 0.05) is 12.0 Å². The van der Waals surface area contributed by atoms with Gasteiger partial charge in [0.15, 0.2) is 11.6 Å². The normalized spacial score (nSPS) is 10.4. The summed E-state index contributed by atoms with van der Waals surface area (Å²) in [5.41, 5.74) is 1.26. The molecule has 0 saturated heterocycles. The molecule has 0 fully saturated rings. The number of carbonyl (C=O) groups excluding carboxylic acids is 2. The highest BCUT2D eigenvalue weighted by Gasteiger charge is 2.22. The van der Waals surface area contributed by atoms with E-state index in [1.807, 2.05) is 0 Å². The summed E-state index contributed by atoms with van der Waals surface area (Å²) >= 11 is 0. The van der Waals surface area contributed by atoms with E-state index in [4.69, 9.17) is 9.84 Å². The molecular formula is C14H18O6. The average molecular weight is 282 g/mol. The van der Waals surface area contributed by atoms with Crippen LogP contribution in [-0.4, -0.2) is 40.6 Å². The van der Waals surface area contributed by atoms with Gasteiger partial charge in [0.05, 0.1) is 25.9 Å². The molecule has 0 spiro atoms. The van der Waals surface area contributed by atoms with Crippen molar-refractivity contribution in [3.05, 3.63) is 28.3 Å². The number of aliphatic hydroxyl groups is 3. The van der Waals surface area contributed by atoms with Crippen molar-refractivity contribution in [2.75, 3.05) is 13.7 Å². The SMILES string of the molecule is COc1c(CO)c(CO)cc(CC(=O)CO)c1C(C)=O. The first-order chi connectivity index (χ1) is 9.49. The van der Waals surface area contributed by atoms with Gasteiger partial charge in [-0.25, -0.2) is 0 Å². The Kier molecular flexibility index (Phi) is 5.82. The summed E-state index contributed by atoms with van der Waals surface area (Å²) in [6.07, 6.45) is -0.138. The summed E-state index contributed by atoms with van der Waals surface area (Å²) in [4.78, 5) is 23.2. The molecule has 0 saturated carbocycles. The highest BCUT2D eigenvalue weighted by molar-refractivity contribution is 6.00. The largest absolute Gasteiger partial charge is 0.496 e. The van der Waals surface area contributed by atoms with Gasteiger partial charge in [0.2, 0.25) is 0 Å². The Labute approximate surface area is 116 Å². The number of hydrogen-bond acceptors (Lipinski definition) is 6. The van der Waals surface area contributed by atoms with E-state index in [0.29, 0.717) is 16.7 Å². The average Bonchev–Trinajstić information content (AvgIpc) is 2.44. The maximum Gasteiger partial charge on any atom is 0.163 e. The van der Waals surface area contributed by atoms with E-state index in [-0.39, 0.29) is 30.1 Å². The number of rotatable bonds is 7. The Bertz CT molecular complexity index is 521. The number of Topliss-reactive ketones (excluding diaryl/α,β-unsaturated/α-hetero) is 2. The molecule has 0 unspecified atom stereocenters. The molecule has 6 nitrogen and oxygen atoms in total. The van der Waals surface area contributed by atoms with E-state index in [1.54, 1.807) is 0 Å². The van der Waals surface area contributed by atoms with Crippen LogP contribution in [0.1, 0.15) is 34.0 Å². The number of ketones is 2. The van der Waals surface area contributed by atoms with Crippen LogP contribution in [0.25, 0.3) is 0 Å². The molecule has 0 aliphatic carbocycles. The van der Waals surface area contributed by atoms with E-state index in [0.717, 1.165) is 0 Å². The van der Waals surface area contributed by atoms with Gasteiger partial charge in [-0.05, 0) is 18.1 Å². The van der Waals surface area contributed by atoms with E-state index in [1.165, 1.54) is 20.1 Å². The zero-order valence-electron chi connectivity index (χ0n) is 11.5. The number of benzene rings is 1. The van der Waals surface area contributed by atoms with Crippen molar-refractivity contribution in [1.82, 2.24) is 0 Å². The molecule has 0 atom stereocenters. The lowest BCUT2D eigenvalue weighted by atomic mass is 9.92. The van der Waals surface area contributed by atoms with Gasteiger partial charge in [-0.2, -0.15) is 0 Å². The van der Waals surface area contributed by atoms with Crippen molar-refractivity contribution in [3.63, 3.8) is 0 Å². The first-order valence-corrected chi connectivity index (χ1v) is 6.06. The highest BCUT2D eigenvalue weighted by Crippen LogP contribution is 2.32. The fourth-order valence-corrected chi connectivity index (χ4v) is 2.15. The van der Waals surface area contributed by atoms with Crippen LogP contribution in [0, 0.1) is 0 Å². The van der Waals surface area contributed by atoms with Crippen LogP contribution in [0.2, 0.25) is 0 Å². The van der Waals surface area contributed by atoms with Crippen molar-refractivity contribution in [3.8, 4) is 5.75 Å². The number of methoxy groups -OCH3 is 1. The summed E-state index contributed by atoms with van der Waals surface area (Å²) in [6.45, 7) is -0.0568. The topological polar surface area (TPSA) is 104 Å². The first-order valence-electron chi connectivity index (χ1n) is 6.06. The van der Waals surface area contributed by atoms with Crippen LogP contribution in [0.4, 0.5) is 0 Å². The van der Waals surface area contributed by atoms with E-state index in [9.17, 15) is 19.8 Å². The van der Waals surface area contributed by atoms with Crippen LogP contribution < -0.4 is 4.74 Å². The van der Waals surface area contributed by atoms with Crippen molar-refractivity contribution in [1.29, 1.82) is 0 Å². The Hall–Kier alpha value is -1.76. The van der Waals surface area contributed by atoms with Gasteiger partial charge in [0.25, 0.3) is 0 Å². The predicted octanol–water partition coefficient (Wildman–Crippen LogP) is -0.0137. The van der Waals surface area contributed by atoms with E-state index < -0.39 is 19.0 Å². The van der Waals surface area contributed by atoms with Gasteiger partial charge in [0.1, 0.15) is 12.4 Å². The maximum atomic E-state index is 11.8. The predicted molar refractivity (Wildman–Crippen MR) is 70.6 cm³/mol. The Morgan fingerprint density at radius 1 is 1.15 bits per heavy atom. The fraction of sp³-hybridized carbons (Fsp3) is 0.429. The van der Waals surface area contributed by atoms with Crippen molar-refractivity contribution < 1.29 is 29.6 Å². The molecule has 0 bridgehead atoms. The standard InChI is InChI=1S/C14H18O6/c1-8(18)13-9(4-11(19)6-16)3-10(5-15)12(7-17)14(13)20-2/h3,15-17H,4-7H2,1-2H3. The molecule has 1 aromatic carbocycles. The van der Waals surface area contributed by atoms with Crippen LogP contribution in [0.5, 0.6) is 5.75 Å². The lowest BCUT2D eigenvalue weighted by molar-refractivity contribution is -0.121. The number of carbonyl (C=O) groups is 2. The molecule has 6 heteroatoms. The summed E-state index contributed by atoms with van der Waals surface area (Å²) in [7, 11) is 1.35. The highest BCUT2D eigenvalue weighted by atomic mass is 16.5. The molecule has 0 aliphatic heterocycles. The molecule has 20 heavy (non-hydrogen) atoms.